The molecule has 0 atom stereocenters. The Morgan fingerprint density at radius 1 is 0.521 bits per heavy atom. The van der Waals surface area contributed by atoms with E-state index in [-0.39, 0.29) is 11.1 Å². The van der Waals surface area contributed by atoms with Gasteiger partial charge in [0, 0.05) is 32.0 Å². The Morgan fingerprint density at radius 2 is 0.896 bits per heavy atom. The molecule has 0 aliphatic carbocycles. The van der Waals surface area contributed by atoms with Gasteiger partial charge in [0.05, 0.1) is 35.1 Å². The van der Waals surface area contributed by atoms with Crippen LogP contribution in [-0.2, 0) is 0 Å². The predicted octanol–water partition coefficient (Wildman–Crippen LogP) is 10.8. The number of carboxylic acid groups (broad SMARTS) is 2. The minimum Gasteiger partial charge on any atom is -0.495 e. The van der Waals surface area contributed by atoms with Crippen molar-refractivity contribution in [3.8, 4) is 54.6 Å². The van der Waals surface area contributed by atoms with E-state index in [4.69, 9.17) is 9.47 Å². The van der Waals surface area contributed by atoms with Gasteiger partial charge in [-0.3, -0.25) is 0 Å². The fourth-order valence-electron chi connectivity index (χ4n) is 6.60. The highest BCUT2D eigenvalue weighted by molar-refractivity contribution is 7.17. The third-order valence-electron chi connectivity index (χ3n) is 8.67. The zero-order chi connectivity index (χ0) is 33.7. The summed E-state index contributed by atoms with van der Waals surface area (Å²) in [4.78, 5) is 28.7. The van der Waals surface area contributed by atoms with Crippen molar-refractivity contribution >= 4 is 56.2 Å². The van der Waals surface area contributed by atoms with Gasteiger partial charge in [-0.1, -0.05) is 72.8 Å². The van der Waals surface area contributed by atoms with Crippen LogP contribution >= 0.6 is 22.7 Å². The molecular formula is C40H30O6S2. The Hall–Kier alpha value is -5.44. The fraction of sp³-hybridized carbons (Fsp3) is 0.100. The number of thiophene rings is 2. The molecule has 0 aliphatic rings. The second-order valence-corrected chi connectivity index (χ2v) is 13.9. The molecule has 2 aromatic heterocycles. The van der Waals surface area contributed by atoms with Crippen molar-refractivity contribution in [3.05, 3.63) is 118 Å². The summed E-state index contributed by atoms with van der Waals surface area (Å²) in [5, 5.41) is 23.4. The smallest absolute Gasteiger partial charge is 0.335 e. The molecule has 0 saturated heterocycles. The molecule has 6 nitrogen and oxygen atoms in total. The van der Waals surface area contributed by atoms with Crippen LogP contribution in [0.25, 0.3) is 64.7 Å². The summed E-state index contributed by atoms with van der Waals surface area (Å²) in [5.41, 5.74) is 5.44. The lowest BCUT2D eigenvalue weighted by Gasteiger charge is -2.21. The number of fused-ring (bicyclic) bond motifs is 3. The average Bonchev–Trinajstić information content (AvgIpc) is 3.62. The van der Waals surface area contributed by atoms with Crippen LogP contribution in [0.1, 0.15) is 30.5 Å². The summed E-state index contributed by atoms with van der Waals surface area (Å²) >= 11 is 3.20. The van der Waals surface area contributed by atoms with E-state index < -0.39 is 11.9 Å². The van der Waals surface area contributed by atoms with E-state index in [0.29, 0.717) is 22.3 Å². The number of rotatable bonds is 8. The molecule has 8 heteroatoms. The lowest BCUT2D eigenvalue weighted by atomic mass is 9.83. The van der Waals surface area contributed by atoms with Gasteiger partial charge in [0.2, 0.25) is 0 Å². The third kappa shape index (κ3) is 5.01. The summed E-state index contributed by atoms with van der Waals surface area (Å²) in [6.07, 6.45) is 0. The van der Waals surface area contributed by atoms with E-state index >= 15 is 0 Å². The van der Waals surface area contributed by atoms with Gasteiger partial charge in [-0.2, -0.15) is 0 Å². The standard InChI is InChI=1S/C40H30O6S2/c1-21-31(35(45-3)37(47-21)23-11-7-5-8-12-23)33-29-19-25(39(41)42)15-17-27(29)28-18-16-26(40(43)44)20-30(28)34(33)32-22(2)48-38(36(32)46-4)24-13-9-6-10-14-24/h5-20H,1-4H3,(H,41,42)(H,43,44). The zero-order valence-electron chi connectivity index (χ0n) is 26.6. The zero-order valence-corrected chi connectivity index (χ0v) is 28.2. The second-order valence-electron chi connectivity index (χ2n) is 11.4. The quantitative estimate of drug-likeness (QED) is 0.156. The van der Waals surface area contributed by atoms with E-state index in [1.807, 2.05) is 86.6 Å². The molecule has 238 valence electrons. The number of ether oxygens (including phenoxy) is 2. The Labute approximate surface area is 285 Å². The molecule has 0 unspecified atom stereocenters. The minimum absolute atomic E-state index is 0.144. The van der Waals surface area contributed by atoms with Crippen molar-refractivity contribution in [2.45, 2.75) is 13.8 Å². The number of carbonyl (C=O) groups is 2. The Bertz CT molecular complexity index is 2220. The van der Waals surface area contributed by atoms with Gasteiger partial charge in [-0.05, 0) is 70.8 Å². The molecule has 2 heterocycles. The van der Waals surface area contributed by atoms with Crippen LogP contribution in [0.4, 0.5) is 0 Å². The van der Waals surface area contributed by atoms with E-state index in [2.05, 4.69) is 0 Å². The maximum absolute atomic E-state index is 12.4. The Balaban J connectivity index is 1.74. The van der Waals surface area contributed by atoms with E-state index in [9.17, 15) is 19.8 Å². The fourth-order valence-corrected chi connectivity index (χ4v) is 8.87. The van der Waals surface area contributed by atoms with Crippen LogP contribution in [0.15, 0.2) is 97.1 Å². The number of hydrogen-bond donors (Lipinski definition) is 2. The van der Waals surface area contributed by atoms with E-state index in [1.165, 1.54) is 0 Å². The number of methoxy groups -OCH3 is 2. The van der Waals surface area contributed by atoms with Gasteiger partial charge in [-0.15, -0.1) is 22.7 Å². The Kier molecular flexibility index (Phi) is 7.99. The van der Waals surface area contributed by atoms with Gasteiger partial charge < -0.3 is 19.7 Å². The minimum atomic E-state index is -1.04. The Morgan fingerprint density at radius 3 is 1.23 bits per heavy atom. The SMILES string of the molecule is COc1c(-c2ccccc2)sc(C)c1-c1c(-c2c(C)sc(-c3ccccc3)c2OC)c2cc(C(=O)O)ccc2c2ccc(C(=O)O)cc12. The maximum Gasteiger partial charge on any atom is 0.335 e. The van der Waals surface area contributed by atoms with Crippen LogP contribution in [0.2, 0.25) is 0 Å². The molecule has 7 rings (SSSR count). The first-order valence-electron chi connectivity index (χ1n) is 15.2. The molecule has 48 heavy (non-hydrogen) atoms. The van der Waals surface area contributed by atoms with Crippen molar-refractivity contribution in [1.82, 2.24) is 0 Å². The highest BCUT2D eigenvalue weighted by atomic mass is 32.1. The highest BCUT2D eigenvalue weighted by Crippen LogP contribution is 2.57. The van der Waals surface area contributed by atoms with Gasteiger partial charge in [-0.25, -0.2) is 9.59 Å². The average molecular weight is 671 g/mol. The van der Waals surface area contributed by atoms with Crippen molar-refractivity contribution in [3.63, 3.8) is 0 Å². The van der Waals surface area contributed by atoms with E-state index in [0.717, 1.165) is 63.7 Å². The first kappa shape index (κ1) is 31.2. The monoisotopic (exact) mass is 670 g/mol. The topological polar surface area (TPSA) is 93.1 Å². The summed E-state index contributed by atoms with van der Waals surface area (Å²) in [6.45, 7) is 4.08. The molecule has 0 bridgehead atoms. The summed E-state index contributed by atoms with van der Waals surface area (Å²) in [5.74, 6) is -0.757. The first-order chi connectivity index (χ1) is 23.2. The second kappa shape index (κ2) is 12.3. The van der Waals surface area contributed by atoms with Gasteiger partial charge >= 0.3 is 11.9 Å². The largest absolute Gasteiger partial charge is 0.495 e. The summed E-state index contributed by atoms with van der Waals surface area (Å²) in [7, 11) is 3.30. The molecule has 0 aliphatic heterocycles. The number of aromatic carboxylic acids is 2. The van der Waals surface area contributed by atoms with Gasteiger partial charge in [0.25, 0.3) is 0 Å². The molecule has 7 aromatic rings. The third-order valence-corrected chi connectivity index (χ3v) is 10.9. The number of aryl methyl sites for hydroxylation is 2. The molecule has 0 fully saturated rings. The lowest BCUT2D eigenvalue weighted by molar-refractivity contribution is 0.0686. The highest BCUT2D eigenvalue weighted by Gasteiger charge is 2.30. The number of carboxylic acids is 2. The van der Waals surface area contributed by atoms with Crippen LogP contribution in [0, 0.1) is 13.8 Å². The number of hydrogen-bond acceptors (Lipinski definition) is 6. The molecule has 0 radical (unpaired) electrons. The number of benzene rings is 5. The summed E-state index contributed by atoms with van der Waals surface area (Å²) < 4.78 is 12.5. The first-order valence-corrected chi connectivity index (χ1v) is 16.8. The molecule has 0 spiro atoms. The normalized spacial score (nSPS) is 11.2. The summed E-state index contributed by atoms with van der Waals surface area (Å²) in [6, 6.07) is 30.3. The van der Waals surface area contributed by atoms with Crippen LogP contribution in [-0.4, -0.2) is 36.4 Å². The predicted molar refractivity (Wildman–Crippen MR) is 195 cm³/mol. The van der Waals surface area contributed by atoms with Crippen molar-refractivity contribution in [1.29, 1.82) is 0 Å². The molecule has 2 N–H and O–H groups in total. The van der Waals surface area contributed by atoms with E-state index in [1.54, 1.807) is 61.2 Å². The molecule has 0 saturated carbocycles. The molecular weight excluding hydrogens is 641 g/mol. The van der Waals surface area contributed by atoms with Gasteiger partial charge in [0.1, 0.15) is 11.5 Å². The van der Waals surface area contributed by atoms with Crippen LogP contribution in [0.5, 0.6) is 11.5 Å². The van der Waals surface area contributed by atoms with Crippen LogP contribution in [0.3, 0.4) is 0 Å². The van der Waals surface area contributed by atoms with Crippen LogP contribution < -0.4 is 9.47 Å². The van der Waals surface area contributed by atoms with Gasteiger partial charge in [0.15, 0.2) is 0 Å². The maximum atomic E-state index is 12.4. The molecule has 5 aromatic carbocycles. The van der Waals surface area contributed by atoms with Crippen molar-refractivity contribution in [2.24, 2.45) is 0 Å². The van der Waals surface area contributed by atoms with Crippen molar-refractivity contribution < 1.29 is 29.3 Å². The van der Waals surface area contributed by atoms with Crippen molar-refractivity contribution in [2.75, 3.05) is 14.2 Å². The molecule has 0 amide bonds. The lowest BCUT2D eigenvalue weighted by Crippen LogP contribution is -2.01.